The molecule has 0 atom stereocenters. The highest BCUT2D eigenvalue weighted by molar-refractivity contribution is 7.80. The monoisotopic (exact) mass is 303 g/mol. The predicted octanol–water partition coefficient (Wildman–Crippen LogP) is 4.55. The van der Waals surface area contributed by atoms with Crippen molar-refractivity contribution in [1.82, 2.24) is 0 Å². The van der Waals surface area contributed by atoms with Crippen LogP contribution in [0.1, 0.15) is 31.9 Å². The molecule has 0 saturated carbocycles. The van der Waals surface area contributed by atoms with Crippen LogP contribution in [0.5, 0.6) is 11.5 Å². The minimum atomic E-state index is -0.395. The largest absolute Gasteiger partial charge is 0.457 e. The average Bonchev–Trinajstić information content (AvgIpc) is 2.40. The Morgan fingerprint density at radius 2 is 1.71 bits per heavy atom. The molecule has 0 amide bonds. The summed E-state index contributed by atoms with van der Waals surface area (Å²) in [7, 11) is 0. The Bertz CT molecular complexity index is 659. The van der Waals surface area contributed by atoms with E-state index in [1.807, 2.05) is 24.3 Å². The molecule has 0 aliphatic rings. The molecular formula is C17H18FNOS. The lowest BCUT2D eigenvalue weighted by Crippen LogP contribution is -2.11. The van der Waals surface area contributed by atoms with Gasteiger partial charge < -0.3 is 10.5 Å². The van der Waals surface area contributed by atoms with Crippen molar-refractivity contribution in [2.75, 3.05) is 0 Å². The van der Waals surface area contributed by atoms with Gasteiger partial charge >= 0.3 is 0 Å². The number of halogens is 1. The number of rotatable bonds is 3. The van der Waals surface area contributed by atoms with Crippen molar-refractivity contribution in [3.8, 4) is 11.5 Å². The maximum absolute atomic E-state index is 13.3. The van der Waals surface area contributed by atoms with Crippen molar-refractivity contribution in [1.29, 1.82) is 0 Å². The van der Waals surface area contributed by atoms with Crippen molar-refractivity contribution < 1.29 is 9.13 Å². The molecule has 0 aromatic heterocycles. The summed E-state index contributed by atoms with van der Waals surface area (Å²) < 4.78 is 19.0. The Kier molecular flexibility index (Phi) is 4.28. The second-order valence-electron chi connectivity index (χ2n) is 5.88. The zero-order valence-electron chi connectivity index (χ0n) is 12.3. The van der Waals surface area contributed by atoms with Gasteiger partial charge in [0.1, 0.15) is 22.3 Å². The predicted molar refractivity (Wildman–Crippen MR) is 87.5 cm³/mol. The van der Waals surface area contributed by atoms with Gasteiger partial charge in [-0.1, -0.05) is 45.1 Å². The van der Waals surface area contributed by atoms with E-state index in [2.05, 4.69) is 20.8 Å². The molecule has 21 heavy (non-hydrogen) atoms. The molecule has 0 heterocycles. The van der Waals surface area contributed by atoms with Crippen LogP contribution >= 0.6 is 12.2 Å². The Labute approximate surface area is 129 Å². The fourth-order valence-corrected chi connectivity index (χ4v) is 2.09. The Balaban J connectivity index is 2.28. The lowest BCUT2D eigenvalue weighted by atomic mass is 9.87. The van der Waals surface area contributed by atoms with Crippen molar-refractivity contribution in [2.24, 2.45) is 5.73 Å². The van der Waals surface area contributed by atoms with Crippen LogP contribution in [0.3, 0.4) is 0 Å². The first-order valence-corrected chi connectivity index (χ1v) is 7.06. The highest BCUT2D eigenvalue weighted by Gasteiger charge is 2.14. The molecule has 0 unspecified atom stereocenters. The third kappa shape index (κ3) is 3.79. The van der Waals surface area contributed by atoms with E-state index in [0.29, 0.717) is 17.1 Å². The summed E-state index contributed by atoms with van der Waals surface area (Å²) in [5.74, 6) is 0.716. The van der Waals surface area contributed by atoms with E-state index in [1.165, 1.54) is 23.8 Å². The molecule has 2 aromatic rings. The summed E-state index contributed by atoms with van der Waals surface area (Å²) in [6.45, 7) is 6.44. The quantitative estimate of drug-likeness (QED) is 0.845. The van der Waals surface area contributed by atoms with Gasteiger partial charge in [0.05, 0.1) is 5.56 Å². The van der Waals surface area contributed by atoms with Gasteiger partial charge in [-0.05, 0) is 41.3 Å². The van der Waals surface area contributed by atoms with Crippen LogP contribution in [0.2, 0.25) is 0 Å². The van der Waals surface area contributed by atoms with Gasteiger partial charge in [0.15, 0.2) is 0 Å². The van der Waals surface area contributed by atoms with Gasteiger partial charge in [-0.3, -0.25) is 0 Å². The van der Waals surface area contributed by atoms with E-state index in [0.717, 1.165) is 0 Å². The first kappa shape index (κ1) is 15.4. The normalized spacial score (nSPS) is 11.2. The van der Waals surface area contributed by atoms with Crippen LogP contribution in [0, 0.1) is 5.82 Å². The standard InChI is InChI=1S/C17H18FNOS/c1-17(2,3)11-4-7-13(8-5-11)20-15-9-6-12(18)10-14(15)16(19)21/h4-10H,1-3H3,(H2,19,21). The minimum absolute atomic E-state index is 0.0817. The van der Waals surface area contributed by atoms with Crippen molar-refractivity contribution in [2.45, 2.75) is 26.2 Å². The topological polar surface area (TPSA) is 35.2 Å². The minimum Gasteiger partial charge on any atom is -0.457 e. The summed E-state index contributed by atoms with van der Waals surface area (Å²) in [5, 5.41) is 0. The highest BCUT2D eigenvalue weighted by atomic mass is 32.1. The second kappa shape index (κ2) is 5.82. The van der Waals surface area contributed by atoms with Crippen LogP contribution in [-0.2, 0) is 5.41 Å². The molecule has 2 aromatic carbocycles. The van der Waals surface area contributed by atoms with Crippen LogP contribution in [0.15, 0.2) is 42.5 Å². The van der Waals surface area contributed by atoms with Crippen LogP contribution in [0.4, 0.5) is 4.39 Å². The summed E-state index contributed by atoms with van der Waals surface area (Å²) in [5.41, 5.74) is 7.29. The zero-order valence-corrected chi connectivity index (χ0v) is 13.1. The first-order valence-electron chi connectivity index (χ1n) is 6.65. The lowest BCUT2D eigenvalue weighted by Gasteiger charge is -2.19. The fourth-order valence-electron chi connectivity index (χ4n) is 1.93. The number of hydrogen-bond acceptors (Lipinski definition) is 2. The smallest absolute Gasteiger partial charge is 0.137 e. The van der Waals surface area contributed by atoms with Gasteiger partial charge in [0, 0.05) is 0 Å². The first-order chi connectivity index (χ1) is 9.77. The van der Waals surface area contributed by atoms with Gasteiger partial charge in [0.2, 0.25) is 0 Å². The number of hydrogen-bond donors (Lipinski definition) is 1. The molecule has 0 fully saturated rings. The lowest BCUT2D eigenvalue weighted by molar-refractivity contribution is 0.478. The molecule has 110 valence electrons. The zero-order chi connectivity index (χ0) is 15.6. The Hall–Kier alpha value is -1.94. The number of thiocarbonyl (C=S) groups is 1. The molecule has 0 radical (unpaired) electrons. The molecule has 0 spiro atoms. The van der Waals surface area contributed by atoms with Crippen molar-refractivity contribution >= 4 is 17.2 Å². The van der Waals surface area contributed by atoms with Gasteiger partial charge in [0.25, 0.3) is 0 Å². The van der Waals surface area contributed by atoms with E-state index in [4.69, 9.17) is 22.7 Å². The van der Waals surface area contributed by atoms with Crippen molar-refractivity contribution in [3.05, 3.63) is 59.4 Å². The molecule has 4 heteroatoms. The molecule has 2 rings (SSSR count). The molecule has 2 N–H and O–H groups in total. The third-order valence-electron chi connectivity index (χ3n) is 3.16. The average molecular weight is 303 g/mol. The molecule has 2 nitrogen and oxygen atoms in total. The Morgan fingerprint density at radius 1 is 1.10 bits per heavy atom. The maximum Gasteiger partial charge on any atom is 0.137 e. The van der Waals surface area contributed by atoms with Crippen molar-refractivity contribution in [3.63, 3.8) is 0 Å². The van der Waals surface area contributed by atoms with E-state index in [-0.39, 0.29) is 10.4 Å². The number of benzene rings is 2. The van der Waals surface area contributed by atoms with Crippen LogP contribution in [0.25, 0.3) is 0 Å². The molecule has 0 aliphatic carbocycles. The summed E-state index contributed by atoms with van der Waals surface area (Å²) in [4.78, 5) is 0.107. The third-order valence-corrected chi connectivity index (χ3v) is 3.38. The van der Waals surface area contributed by atoms with Gasteiger partial charge in [-0.2, -0.15) is 0 Å². The van der Waals surface area contributed by atoms with Gasteiger partial charge in [-0.25, -0.2) is 4.39 Å². The highest BCUT2D eigenvalue weighted by Crippen LogP contribution is 2.29. The van der Waals surface area contributed by atoms with Gasteiger partial charge in [-0.15, -0.1) is 0 Å². The number of ether oxygens (including phenoxy) is 1. The van der Waals surface area contributed by atoms with Crippen LogP contribution < -0.4 is 10.5 Å². The molecule has 0 bridgehead atoms. The van der Waals surface area contributed by atoms with E-state index >= 15 is 0 Å². The molecular weight excluding hydrogens is 285 g/mol. The van der Waals surface area contributed by atoms with E-state index < -0.39 is 5.82 Å². The maximum atomic E-state index is 13.3. The summed E-state index contributed by atoms with van der Waals surface area (Å²) >= 11 is 4.93. The number of nitrogens with two attached hydrogens (primary N) is 1. The van der Waals surface area contributed by atoms with E-state index in [9.17, 15) is 4.39 Å². The summed E-state index contributed by atoms with van der Waals surface area (Å²) in [6.07, 6.45) is 0. The molecule has 0 saturated heterocycles. The Morgan fingerprint density at radius 3 is 2.24 bits per heavy atom. The fraction of sp³-hybridized carbons (Fsp3) is 0.235. The summed E-state index contributed by atoms with van der Waals surface area (Å²) in [6, 6.07) is 11.9. The SMILES string of the molecule is CC(C)(C)c1ccc(Oc2ccc(F)cc2C(N)=S)cc1. The van der Waals surface area contributed by atoms with Crippen LogP contribution in [-0.4, -0.2) is 4.99 Å². The second-order valence-corrected chi connectivity index (χ2v) is 6.32. The molecule has 0 aliphatic heterocycles. The van der Waals surface area contributed by atoms with E-state index in [1.54, 1.807) is 0 Å².